The predicted octanol–water partition coefficient (Wildman–Crippen LogP) is 4.02. The third-order valence-electron chi connectivity index (χ3n) is 4.38. The molecule has 1 aliphatic heterocycles. The molecule has 0 spiro atoms. The molecule has 3 rings (SSSR count). The van der Waals surface area contributed by atoms with Crippen LogP contribution in [0, 0.1) is 0 Å². The van der Waals surface area contributed by atoms with E-state index >= 15 is 0 Å². The Kier molecular flexibility index (Phi) is 5.37. The van der Waals surface area contributed by atoms with Crippen LogP contribution in [0.4, 0.5) is 11.4 Å². The van der Waals surface area contributed by atoms with Crippen molar-refractivity contribution in [2.24, 2.45) is 0 Å². The summed E-state index contributed by atoms with van der Waals surface area (Å²) in [4.78, 5) is 26.4. The van der Waals surface area contributed by atoms with Crippen LogP contribution in [0.5, 0.6) is 5.75 Å². The zero-order chi connectivity index (χ0) is 18.5. The molecule has 2 aromatic carbocycles. The first-order valence-corrected chi connectivity index (χ1v) is 8.66. The van der Waals surface area contributed by atoms with Gasteiger partial charge in [0.15, 0.2) is 0 Å². The standard InChI is InChI=1S/C21H22N2O3/c1-3-14-26-19-7-5-4-6-18(19)21(25)22-16-9-11-17(12-10-16)23-15(2)8-13-20(23)24/h3-7,9-12,15H,1,8,13-14H2,2H3,(H,22,25). The van der Waals surface area contributed by atoms with Gasteiger partial charge in [-0.1, -0.05) is 24.8 Å². The van der Waals surface area contributed by atoms with Crippen molar-refractivity contribution in [3.8, 4) is 5.75 Å². The molecule has 1 heterocycles. The second-order valence-electron chi connectivity index (χ2n) is 6.25. The molecule has 0 bridgehead atoms. The molecular formula is C21H22N2O3. The smallest absolute Gasteiger partial charge is 0.259 e. The van der Waals surface area contributed by atoms with Crippen molar-refractivity contribution >= 4 is 23.2 Å². The first-order valence-electron chi connectivity index (χ1n) is 8.66. The number of nitrogens with one attached hydrogen (secondary N) is 1. The maximum atomic E-state index is 12.6. The summed E-state index contributed by atoms with van der Waals surface area (Å²) < 4.78 is 5.53. The molecular weight excluding hydrogens is 328 g/mol. The van der Waals surface area contributed by atoms with Gasteiger partial charge < -0.3 is 15.0 Å². The number of rotatable bonds is 6. The first kappa shape index (κ1) is 17.7. The molecule has 0 aromatic heterocycles. The summed E-state index contributed by atoms with van der Waals surface area (Å²) in [6.07, 6.45) is 3.09. The van der Waals surface area contributed by atoms with Gasteiger partial charge >= 0.3 is 0 Å². The monoisotopic (exact) mass is 350 g/mol. The highest BCUT2D eigenvalue weighted by Gasteiger charge is 2.28. The minimum atomic E-state index is -0.247. The Morgan fingerprint density at radius 3 is 2.65 bits per heavy atom. The lowest BCUT2D eigenvalue weighted by atomic mass is 10.1. The zero-order valence-electron chi connectivity index (χ0n) is 14.8. The molecule has 0 saturated carbocycles. The summed E-state index contributed by atoms with van der Waals surface area (Å²) in [5, 5.41) is 2.87. The van der Waals surface area contributed by atoms with Crippen LogP contribution >= 0.6 is 0 Å². The largest absolute Gasteiger partial charge is 0.489 e. The van der Waals surface area contributed by atoms with Gasteiger partial charge in [0.1, 0.15) is 12.4 Å². The van der Waals surface area contributed by atoms with E-state index in [-0.39, 0.29) is 17.9 Å². The van der Waals surface area contributed by atoms with E-state index in [9.17, 15) is 9.59 Å². The Hall–Kier alpha value is -3.08. The lowest BCUT2D eigenvalue weighted by Gasteiger charge is -2.22. The maximum absolute atomic E-state index is 12.6. The third kappa shape index (κ3) is 3.77. The van der Waals surface area contributed by atoms with Gasteiger partial charge in [0.05, 0.1) is 5.56 Å². The normalized spacial score (nSPS) is 16.4. The van der Waals surface area contributed by atoms with Gasteiger partial charge in [-0.3, -0.25) is 9.59 Å². The highest BCUT2D eigenvalue weighted by atomic mass is 16.5. The number of amides is 2. The van der Waals surface area contributed by atoms with Crippen molar-refractivity contribution < 1.29 is 14.3 Å². The Balaban J connectivity index is 1.72. The maximum Gasteiger partial charge on any atom is 0.259 e. The number of carbonyl (C=O) groups excluding carboxylic acids is 2. The van der Waals surface area contributed by atoms with Gasteiger partial charge in [0, 0.05) is 23.8 Å². The number of hydrogen-bond acceptors (Lipinski definition) is 3. The highest BCUT2D eigenvalue weighted by Crippen LogP contribution is 2.28. The van der Waals surface area contributed by atoms with E-state index in [0.717, 1.165) is 12.1 Å². The van der Waals surface area contributed by atoms with Crippen LogP contribution in [0.3, 0.4) is 0 Å². The number of nitrogens with zero attached hydrogens (tertiary/aromatic N) is 1. The Morgan fingerprint density at radius 1 is 1.27 bits per heavy atom. The van der Waals surface area contributed by atoms with Crippen LogP contribution < -0.4 is 15.0 Å². The van der Waals surface area contributed by atoms with Crippen molar-refractivity contribution in [3.05, 3.63) is 66.7 Å². The van der Waals surface area contributed by atoms with E-state index in [0.29, 0.717) is 30.0 Å². The number of ether oxygens (including phenoxy) is 1. The molecule has 5 heteroatoms. The average molecular weight is 350 g/mol. The third-order valence-corrected chi connectivity index (χ3v) is 4.38. The van der Waals surface area contributed by atoms with Crippen molar-refractivity contribution in [3.63, 3.8) is 0 Å². The molecule has 1 saturated heterocycles. The number of carbonyl (C=O) groups is 2. The fraction of sp³-hybridized carbons (Fsp3) is 0.238. The topological polar surface area (TPSA) is 58.6 Å². The molecule has 0 radical (unpaired) electrons. The second kappa shape index (κ2) is 7.87. The fourth-order valence-electron chi connectivity index (χ4n) is 3.06. The summed E-state index contributed by atoms with van der Waals surface area (Å²) >= 11 is 0. The molecule has 5 nitrogen and oxygen atoms in total. The second-order valence-corrected chi connectivity index (χ2v) is 6.25. The molecule has 134 valence electrons. The van der Waals surface area contributed by atoms with E-state index in [1.54, 1.807) is 36.4 Å². The number of hydrogen-bond donors (Lipinski definition) is 1. The molecule has 1 atom stereocenters. The Labute approximate surface area is 153 Å². The van der Waals surface area contributed by atoms with Crippen LogP contribution in [0.2, 0.25) is 0 Å². The summed E-state index contributed by atoms with van der Waals surface area (Å²) in [6, 6.07) is 14.6. The van der Waals surface area contributed by atoms with Gasteiger partial charge in [-0.15, -0.1) is 0 Å². The van der Waals surface area contributed by atoms with E-state index in [1.807, 2.05) is 30.0 Å². The van der Waals surface area contributed by atoms with Crippen molar-refractivity contribution in [2.45, 2.75) is 25.8 Å². The average Bonchev–Trinajstić information content (AvgIpc) is 2.99. The van der Waals surface area contributed by atoms with Crippen LogP contribution in [0.15, 0.2) is 61.2 Å². The number of para-hydroxylation sites is 1. The molecule has 1 unspecified atom stereocenters. The minimum Gasteiger partial charge on any atom is -0.489 e. The van der Waals surface area contributed by atoms with Gasteiger partial charge in [0.2, 0.25) is 5.91 Å². The molecule has 0 aliphatic carbocycles. The molecule has 1 N–H and O–H groups in total. The van der Waals surface area contributed by atoms with Gasteiger partial charge in [-0.05, 0) is 49.7 Å². The summed E-state index contributed by atoms with van der Waals surface area (Å²) in [5.74, 6) is 0.406. The number of anilines is 2. The van der Waals surface area contributed by atoms with E-state index in [1.165, 1.54) is 0 Å². The summed E-state index contributed by atoms with van der Waals surface area (Å²) in [7, 11) is 0. The van der Waals surface area contributed by atoms with Crippen LogP contribution in [-0.4, -0.2) is 24.5 Å². The molecule has 1 fully saturated rings. The SMILES string of the molecule is C=CCOc1ccccc1C(=O)Nc1ccc(N2C(=O)CCC2C)cc1. The minimum absolute atomic E-state index is 0.141. The van der Waals surface area contributed by atoms with Gasteiger partial charge in [0.25, 0.3) is 5.91 Å². The Morgan fingerprint density at radius 2 is 2.00 bits per heavy atom. The van der Waals surface area contributed by atoms with Crippen molar-refractivity contribution in [1.82, 2.24) is 0 Å². The Bertz CT molecular complexity index is 814. The van der Waals surface area contributed by atoms with Crippen LogP contribution in [0.1, 0.15) is 30.1 Å². The quantitative estimate of drug-likeness (QED) is 0.801. The molecule has 26 heavy (non-hydrogen) atoms. The van der Waals surface area contributed by atoms with Gasteiger partial charge in [-0.2, -0.15) is 0 Å². The summed E-state index contributed by atoms with van der Waals surface area (Å²) in [6.45, 7) is 5.99. The lowest BCUT2D eigenvalue weighted by molar-refractivity contribution is -0.117. The molecule has 1 aliphatic rings. The molecule has 2 amide bonds. The van der Waals surface area contributed by atoms with Crippen molar-refractivity contribution in [1.29, 1.82) is 0 Å². The van der Waals surface area contributed by atoms with Crippen LogP contribution in [0.25, 0.3) is 0 Å². The molecule has 2 aromatic rings. The van der Waals surface area contributed by atoms with Crippen LogP contribution in [-0.2, 0) is 4.79 Å². The zero-order valence-corrected chi connectivity index (χ0v) is 14.8. The summed E-state index contributed by atoms with van der Waals surface area (Å²) in [5.41, 5.74) is 1.98. The highest BCUT2D eigenvalue weighted by molar-refractivity contribution is 6.06. The lowest BCUT2D eigenvalue weighted by Crippen LogP contribution is -2.30. The van der Waals surface area contributed by atoms with Crippen molar-refractivity contribution in [2.75, 3.05) is 16.8 Å². The van der Waals surface area contributed by atoms with E-state index in [2.05, 4.69) is 11.9 Å². The first-order chi connectivity index (χ1) is 12.6. The fourth-order valence-corrected chi connectivity index (χ4v) is 3.06. The van der Waals surface area contributed by atoms with Gasteiger partial charge in [-0.25, -0.2) is 0 Å². The predicted molar refractivity (Wildman–Crippen MR) is 103 cm³/mol. The number of benzene rings is 2. The van der Waals surface area contributed by atoms with E-state index in [4.69, 9.17) is 4.74 Å². The van der Waals surface area contributed by atoms with E-state index < -0.39 is 0 Å².